The first-order valence-electron chi connectivity index (χ1n) is 8.03. The van der Waals surface area contributed by atoms with Crippen LogP contribution in [0.1, 0.15) is 25.7 Å². The largest absolute Gasteiger partial charge is 0.353 e. The number of hydrogen-bond donors (Lipinski definition) is 1. The van der Waals surface area contributed by atoms with Gasteiger partial charge in [0.2, 0.25) is 23.6 Å². The molecular formula is C15H24N4O4. The Morgan fingerprint density at radius 2 is 1.61 bits per heavy atom. The van der Waals surface area contributed by atoms with E-state index in [9.17, 15) is 19.2 Å². The van der Waals surface area contributed by atoms with E-state index in [1.807, 2.05) is 0 Å². The molecule has 2 heterocycles. The molecule has 8 heteroatoms. The molecule has 0 aromatic rings. The molecule has 2 saturated heterocycles. The molecule has 0 aromatic heterocycles. The second-order valence-electron chi connectivity index (χ2n) is 6.00. The summed E-state index contributed by atoms with van der Waals surface area (Å²) in [5.74, 6) is -0.307. The molecule has 0 unspecified atom stereocenters. The average molecular weight is 324 g/mol. The van der Waals surface area contributed by atoms with Crippen LogP contribution in [0.15, 0.2) is 0 Å². The predicted octanol–water partition coefficient (Wildman–Crippen LogP) is -1.19. The topological polar surface area (TPSA) is 90.0 Å². The van der Waals surface area contributed by atoms with Gasteiger partial charge in [-0.3, -0.25) is 19.2 Å². The number of nitrogens with one attached hydrogen (secondary N) is 1. The molecule has 1 N–H and O–H groups in total. The molecule has 2 rings (SSSR count). The number of carbonyl (C=O) groups is 4. The summed E-state index contributed by atoms with van der Waals surface area (Å²) < 4.78 is 0. The van der Waals surface area contributed by atoms with Crippen molar-refractivity contribution in [1.82, 2.24) is 20.0 Å². The Morgan fingerprint density at radius 1 is 1.04 bits per heavy atom. The van der Waals surface area contributed by atoms with Crippen LogP contribution in [0.4, 0.5) is 0 Å². The van der Waals surface area contributed by atoms with Gasteiger partial charge in [0.15, 0.2) is 0 Å². The van der Waals surface area contributed by atoms with Crippen LogP contribution in [0.5, 0.6) is 0 Å². The van der Waals surface area contributed by atoms with Crippen LogP contribution in [0.3, 0.4) is 0 Å². The number of carbonyl (C=O) groups excluding carboxylic acids is 4. The first-order valence-corrected chi connectivity index (χ1v) is 8.03. The molecule has 0 atom stereocenters. The van der Waals surface area contributed by atoms with Crippen molar-refractivity contribution >= 4 is 23.6 Å². The quantitative estimate of drug-likeness (QED) is 0.637. The molecule has 0 saturated carbocycles. The van der Waals surface area contributed by atoms with Crippen molar-refractivity contribution in [2.45, 2.75) is 25.7 Å². The van der Waals surface area contributed by atoms with Gasteiger partial charge < -0.3 is 20.0 Å². The first kappa shape index (κ1) is 17.2. The van der Waals surface area contributed by atoms with Gasteiger partial charge in [-0.05, 0) is 12.8 Å². The Hall–Kier alpha value is -2.12. The minimum absolute atomic E-state index is 0.0164. The van der Waals surface area contributed by atoms with E-state index >= 15 is 0 Å². The fraction of sp³-hybridized carbons (Fsp3) is 0.733. The molecule has 4 amide bonds. The Morgan fingerprint density at radius 3 is 2.13 bits per heavy atom. The Balaban J connectivity index is 1.62. The summed E-state index contributed by atoms with van der Waals surface area (Å²) in [7, 11) is 1.65. The monoisotopic (exact) mass is 324 g/mol. The van der Waals surface area contributed by atoms with Gasteiger partial charge in [0, 0.05) is 46.1 Å². The van der Waals surface area contributed by atoms with Crippen molar-refractivity contribution in [3.05, 3.63) is 0 Å². The molecule has 2 fully saturated rings. The fourth-order valence-corrected chi connectivity index (χ4v) is 2.74. The van der Waals surface area contributed by atoms with E-state index in [0.29, 0.717) is 39.0 Å². The van der Waals surface area contributed by atoms with Crippen molar-refractivity contribution in [3.63, 3.8) is 0 Å². The maximum Gasteiger partial charge on any atom is 0.241 e. The van der Waals surface area contributed by atoms with Gasteiger partial charge in [0.1, 0.15) is 0 Å². The summed E-state index contributed by atoms with van der Waals surface area (Å²) in [5.41, 5.74) is 0. The van der Waals surface area contributed by atoms with E-state index in [-0.39, 0.29) is 36.7 Å². The van der Waals surface area contributed by atoms with Gasteiger partial charge >= 0.3 is 0 Å². The van der Waals surface area contributed by atoms with Crippen molar-refractivity contribution in [1.29, 1.82) is 0 Å². The molecular weight excluding hydrogens is 300 g/mol. The third-order valence-corrected chi connectivity index (χ3v) is 4.20. The summed E-state index contributed by atoms with van der Waals surface area (Å²) in [6.07, 6.45) is 2.64. The third-order valence-electron chi connectivity index (χ3n) is 4.20. The van der Waals surface area contributed by atoms with Crippen LogP contribution in [-0.4, -0.2) is 84.6 Å². The zero-order chi connectivity index (χ0) is 16.8. The molecule has 0 spiro atoms. The van der Waals surface area contributed by atoms with Crippen molar-refractivity contribution in [2.75, 3.05) is 46.3 Å². The lowest BCUT2D eigenvalue weighted by molar-refractivity contribution is -0.137. The molecule has 128 valence electrons. The van der Waals surface area contributed by atoms with Crippen molar-refractivity contribution < 1.29 is 19.2 Å². The summed E-state index contributed by atoms with van der Waals surface area (Å²) in [5, 5.41) is 2.71. The van der Waals surface area contributed by atoms with Gasteiger partial charge in [0.05, 0.1) is 13.1 Å². The average Bonchev–Trinajstić information content (AvgIpc) is 3.08. The lowest BCUT2D eigenvalue weighted by Gasteiger charge is -2.22. The molecule has 0 aromatic carbocycles. The van der Waals surface area contributed by atoms with Gasteiger partial charge in [-0.15, -0.1) is 0 Å². The standard InChI is InChI=1S/C15H24N4O4/c1-17(15(23)11-19-8-3-5-14(19)22)9-6-16-12(20)10-18-7-2-4-13(18)21/h2-11H2,1H3,(H,16,20). The summed E-state index contributed by atoms with van der Waals surface area (Å²) >= 11 is 0. The first-order chi connectivity index (χ1) is 11.0. The Kier molecular flexibility index (Phi) is 5.95. The van der Waals surface area contributed by atoms with E-state index < -0.39 is 0 Å². The number of amides is 4. The summed E-state index contributed by atoms with van der Waals surface area (Å²) in [6.45, 7) is 2.16. The van der Waals surface area contributed by atoms with Gasteiger partial charge in [0.25, 0.3) is 0 Å². The van der Waals surface area contributed by atoms with Crippen LogP contribution >= 0.6 is 0 Å². The number of rotatable bonds is 7. The lowest BCUT2D eigenvalue weighted by Crippen LogP contribution is -2.44. The summed E-state index contributed by atoms with van der Waals surface area (Å²) in [4.78, 5) is 51.3. The predicted molar refractivity (Wildman–Crippen MR) is 82.3 cm³/mol. The number of likely N-dealkylation sites (N-methyl/N-ethyl adjacent to an activating group) is 1. The van der Waals surface area contributed by atoms with Crippen molar-refractivity contribution in [3.8, 4) is 0 Å². The molecule has 23 heavy (non-hydrogen) atoms. The van der Waals surface area contributed by atoms with Crippen LogP contribution in [0.25, 0.3) is 0 Å². The molecule has 8 nitrogen and oxygen atoms in total. The zero-order valence-corrected chi connectivity index (χ0v) is 13.5. The number of likely N-dealkylation sites (tertiary alicyclic amines) is 2. The SMILES string of the molecule is CN(CCNC(=O)CN1CCCC1=O)C(=O)CN1CCCC1=O. The highest BCUT2D eigenvalue weighted by atomic mass is 16.2. The Labute approximate surface area is 135 Å². The van der Waals surface area contributed by atoms with Crippen LogP contribution in [0, 0.1) is 0 Å². The van der Waals surface area contributed by atoms with E-state index in [0.717, 1.165) is 12.8 Å². The van der Waals surface area contributed by atoms with E-state index in [1.165, 1.54) is 4.90 Å². The molecule has 0 bridgehead atoms. The van der Waals surface area contributed by atoms with Gasteiger partial charge in [-0.1, -0.05) is 0 Å². The van der Waals surface area contributed by atoms with Gasteiger partial charge in [-0.25, -0.2) is 0 Å². The minimum atomic E-state index is -0.212. The second-order valence-corrected chi connectivity index (χ2v) is 6.00. The van der Waals surface area contributed by atoms with Crippen LogP contribution in [-0.2, 0) is 19.2 Å². The highest BCUT2D eigenvalue weighted by Crippen LogP contribution is 2.09. The fourth-order valence-electron chi connectivity index (χ4n) is 2.74. The molecule has 0 radical (unpaired) electrons. The highest BCUT2D eigenvalue weighted by Gasteiger charge is 2.24. The zero-order valence-electron chi connectivity index (χ0n) is 13.5. The molecule has 2 aliphatic heterocycles. The van der Waals surface area contributed by atoms with E-state index in [2.05, 4.69) is 5.32 Å². The molecule has 0 aliphatic carbocycles. The minimum Gasteiger partial charge on any atom is -0.353 e. The summed E-state index contributed by atoms with van der Waals surface area (Å²) in [6, 6.07) is 0. The normalized spacial score (nSPS) is 17.8. The highest BCUT2D eigenvalue weighted by molar-refractivity contribution is 5.86. The van der Waals surface area contributed by atoms with Crippen LogP contribution in [0.2, 0.25) is 0 Å². The van der Waals surface area contributed by atoms with E-state index in [4.69, 9.17) is 0 Å². The maximum absolute atomic E-state index is 12.0. The van der Waals surface area contributed by atoms with Gasteiger partial charge in [-0.2, -0.15) is 0 Å². The number of nitrogens with zero attached hydrogens (tertiary/aromatic N) is 3. The second kappa shape index (κ2) is 7.94. The van der Waals surface area contributed by atoms with Crippen molar-refractivity contribution in [2.24, 2.45) is 0 Å². The Bertz CT molecular complexity index is 494. The molecule has 2 aliphatic rings. The van der Waals surface area contributed by atoms with Crippen LogP contribution < -0.4 is 5.32 Å². The third kappa shape index (κ3) is 4.94. The number of hydrogen-bond acceptors (Lipinski definition) is 4. The smallest absolute Gasteiger partial charge is 0.241 e. The van der Waals surface area contributed by atoms with E-state index in [1.54, 1.807) is 16.8 Å². The maximum atomic E-state index is 12.0. The lowest BCUT2D eigenvalue weighted by atomic mass is 10.4.